The molecule has 1 saturated carbocycles. The van der Waals surface area contributed by atoms with Crippen molar-refractivity contribution in [2.75, 3.05) is 12.3 Å². The zero-order valence-electron chi connectivity index (χ0n) is 21.4. The number of aliphatic hydroxyl groups excluding tert-OH is 1. The molecule has 36 heavy (non-hydrogen) atoms. The summed E-state index contributed by atoms with van der Waals surface area (Å²) in [5.74, 6) is -0.742. The predicted molar refractivity (Wildman–Crippen MR) is 140 cm³/mol. The first-order valence-electron chi connectivity index (χ1n) is 12.4. The highest BCUT2D eigenvalue weighted by molar-refractivity contribution is 7.58. The van der Waals surface area contributed by atoms with Crippen molar-refractivity contribution in [3.8, 4) is 0 Å². The second-order valence-electron chi connectivity index (χ2n) is 9.83. The van der Waals surface area contributed by atoms with Crippen LogP contribution in [0.15, 0.2) is 18.2 Å². The number of esters is 1. The Bertz CT molecular complexity index is 939. The molecule has 11 heteroatoms. The van der Waals surface area contributed by atoms with Crippen LogP contribution in [-0.4, -0.2) is 51.8 Å². The van der Waals surface area contributed by atoms with Crippen molar-refractivity contribution < 1.29 is 33.6 Å². The van der Waals surface area contributed by atoms with Crippen LogP contribution in [0.4, 0.5) is 4.79 Å². The van der Waals surface area contributed by atoms with Crippen LogP contribution >= 0.6 is 30.6 Å². The van der Waals surface area contributed by atoms with Gasteiger partial charge in [-0.25, -0.2) is 4.79 Å². The van der Waals surface area contributed by atoms with Gasteiger partial charge in [0.1, 0.15) is 6.23 Å². The number of halogens is 2. The van der Waals surface area contributed by atoms with Crippen LogP contribution in [-0.2, 0) is 18.8 Å². The maximum atomic E-state index is 13.1. The molecule has 3 unspecified atom stereocenters. The Morgan fingerprint density at radius 1 is 1.08 bits per heavy atom. The molecule has 1 fully saturated rings. The Kier molecular flexibility index (Phi) is 12.0. The zero-order chi connectivity index (χ0) is 27.0. The van der Waals surface area contributed by atoms with Gasteiger partial charge in [-0.1, -0.05) is 62.4 Å². The van der Waals surface area contributed by atoms with Gasteiger partial charge in [0.15, 0.2) is 0 Å². The van der Waals surface area contributed by atoms with Gasteiger partial charge in [0.2, 0.25) is 13.7 Å². The molecule has 0 saturated heterocycles. The number of aliphatic hydroxyl groups is 1. The number of ether oxygens (including phenoxy) is 2. The molecule has 1 aromatic rings. The Morgan fingerprint density at radius 3 is 2.31 bits per heavy atom. The van der Waals surface area contributed by atoms with Gasteiger partial charge >= 0.3 is 12.1 Å². The first kappa shape index (κ1) is 30.9. The predicted octanol–water partition coefficient (Wildman–Crippen LogP) is 6.60. The van der Waals surface area contributed by atoms with Gasteiger partial charge in [0.25, 0.3) is 0 Å². The van der Waals surface area contributed by atoms with E-state index in [0.29, 0.717) is 10.6 Å². The summed E-state index contributed by atoms with van der Waals surface area (Å²) in [4.78, 5) is 36.6. The maximum Gasteiger partial charge on any atom is 0.415 e. The minimum absolute atomic E-state index is 0.124. The third-order valence-corrected chi connectivity index (χ3v) is 9.18. The summed E-state index contributed by atoms with van der Waals surface area (Å²) in [6.45, 7) is 6.37. The molecular weight excluding hydrogens is 528 g/mol. The van der Waals surface area contributed by atoms with Crippen LogP contribution in [0.2, 0.25) is 10.0 Å². The molecule has 1 aromatic carbocycles. The first-order chi connectivity index (χ1) is 16.8. The lowest BCUT2D eigenvalue weighted by molar-refractivity contribution is -0.171. The highest BCUT2D eigenvalue weighted by Gasteiger charge is 2.34. The molecule has 1 aliphatic carbocycles. The number of carbonyl (C=O) groups excluding carboxylic acids is 2. The topological polar surface area (TPSA) is 113 Å². The second kappa shape index (κ2) is 14.0. The highest BCUT2D eigenvalue weighted by atomic mass is 35.5. The number of benzene rings is 1. The Labute approximate surface area is 223 Å². The molecule has 0 bridgehead atoms. The SMILES string of the molecule is CC(OC(=O)C(C)C)OC(=O)N(C(O)CCP(=O)(O)CC1CCCCC1)[C@@H](C)c1ccc(Cl)c(Cl)c1. The minimum Gasteiger partial charge on any atom is -0.425 e. The normalized spacial score (nSPS) is 18.7. The summed E-state index contributed by atoms with van der Waals surface area (Å²) in [6, 6.07) is 4.08. The number of rotatable bonds is 11. The van der Waals surface area contributed by atoms with Crippen molar-refractivity contribution in [1.82, 2.24) is 4.90 Å². The van der Waals surface area contributed by atoms with Crippen LogP contribution < -0.4 is 0 Å². The van der Waals surface area contributed by atoms with E-state index in [2.05, 4.69) is 0 Å². The van der Waals surface area contributed by atoms with E-state index < -0.39 is 43.9 Å². The average molecular weight is 566 g/mol. The molecule has 0 aliphatic heterocycles. The molecule has 0 radical (unpaired) electrons. The Balaban J connectivity index is 2.16. The van der Waals surface area contributed by atoms with Crippen LogP contribution in [0.5, 0.6) is 0 Å². The van der Waals surface area contributed by atoms with Crippen molar-refractivity contribution in [2.24, 2.45) is 11.8 Å². The second-order valence-corrected chi connectivity index (χ2v) is 13.1. The number of carbonyl (C=O) groups is 2. The van der Waals surface area contributed by atoms with E-state index in [0.717, 1.165) is 37.0 Å². The molecule has 0 aromatic heterocycles. The molecule has 2 rings (SSSR count). The molecule has 2 N–H and O–H groups in total. The van der Waals surface area contributed by atoms with Gasteiger partial charge < -0.3 is 19.5 Å². The fourth-order valence-corrected chi connectivity index (χ4v) is 6.61. The highest BCUT2D eigenvalue weighted by Crippen LogP contribution is 2.46. The molecular formula is C25H38Cl2NO7P. The standard InChI is InChI=1S/C25H38Cl2NO7P/c1-16(2)24(30)34-18(4)35-25(31)28(17(3)20-10-11-21(26)22(27)14-20)23(29)12-13-36(32,33)15-19-8-6-5-7-9-19/h10-11,14,16-19,23,29H,5-9,12-13,15H2,1-4H3,(H,32,33)/t17-,18?,23?/m0/s1. The smallest absolute Gasteiger partial charge is 0.415 e. The summed E-state index contributed by atoms with van der Waals surface area (Å²) in [5.41, 5.74) is 0.571. The number of nitrogens with zero attached hydrogens (tertiary/aromatic N) is 1. The molecule has 1 aliphatic rings. The van der Waals surface area contributed by atoms with E-state index in [9.17, 15) is 24.2 Å². The first-order valence-corrected chi connectivity index (χ1v) is 15.2. The fourth-order valence-electron chi connectivity index (χ4n) is 4.32. The van der Waals surface area contributed by atoms with Crippen LogP contribution in [0.1, 0.15) is 77.8 Å². The maximum absolute atomic E-state index is 13.1. The molecule has 4 atom stereocenters. The molecule has 1 amide bonds. The average Bonchev–Trinajstić information content (AvgIpc) is 2.79. The zero-order valence-corrected chi connectivity index (χ0v) is 23.8. The van der Waals surface area contributed by atoms with Crippen LogP contribution in [0.25, 0.3) is 0 Å². The van der Waals surface area contributed by atoms with Crippen molar-refractivity contribution >= 4 is 42.6 Å². The van der Waals surface area contributed by atoms with Gasteiger partial charge in [-0.3, -0.25) is 14.3 Å². The minimum atomic E-state index is -3.51. The number of hydrogen-bond acceptors (Lipinski definition) is 6. The van der Waals surface area contributed by atoms with E-state index in [4.69, 9.17) is 32.7 Å². The lowest BCUT2D eigenvalue weighted by Crippen LogP contribution is -2.44. The van der Waals surface area contributed by atoms with Crippen molar-refractivity contribution in [2.45, 2.75) is 84.8 Å². The number of amides is 1. The van der Waals surface area contributed by atoms with Gasteiger partial charge in [0, 0.05) is 25.7 Å². The summed E-state index contributed by atoms with van der Waals surface area (Å²) in [6.07, 6.45) is 1.54. The van der Waals surface area contributed by atoms with Gasteiger partial charge in [-0.15, -0.1) is 0 Å². The molecule has 0 heterocycles. The monoisotopic (exact) mass is 565 g/mol. The van der Waals surface area contributed by atoms with E-state index in [1.165, 1.54) is 6.92 Å². The van der Waals surface area contributed by atoms with Crippen molar-refractivity contribution in [3.05, 3.63) is 33.8 Å². The third-order valence-electron chi connectivity index (χ3n) is 6.40. The Morgan fingerprint density at radius 2 is 1.72 bits per heavy atom. The van der Waals surface area contributed by atoms with E-state index in [1.807, 2.05) is 0 Å². The summed E-state index contributed by atoms with van der Waals surface area (Å²) in [5, 5.41) is 11.6. The quantitative estimate of drug-likeness (QED) is 0.176. The third kappa shape index (κ3) is 9.53. The fraction of sp³-hybridized carbons (Fsp3) is 0.680. The Hall–Kier alpha value is -1.31. The van der Waals surface area contributed by atoms with E-state index in [-0.39, 0.29) is 29.7 Å². The molecule has 0 spiro atoms. The lowest BCUT2D eigenvalue weighted by atomic mass is 9.91. The van der Waals surface area contributed by atoms with Gasteiger partial charge in [0.05, 0.1) is 22.0 Å². The lowest BCUT2D eigenvalue weighted by Gasteiger charge is -2.34. The van der Waals surface area contributed by atoms with E-state index in [1.54, 1.807) is 39.0 Å². The summed E-state index contributed by atoms with van der Waals surface area (Å²) < 4.78 is 23.3. The summed E-state index contributed by atoms with van der Waals surface area (Å²) in [7, 11) is -3.51. The largest absolute Gasteiger partial charge is 0.425 e. The number of hydrogen-bond donors (Lipinski definition) is 2. The van der Waals surface area contributed by atoms with Crippen molar-refractivity contribution in [1.29, 1.82) is 0 Å². The van der Waals surface area contributed by atoms with Crippen molar-refractivity contribution in [3.63, 3.8) is 0 Å². The molecule has 204 valence electrons. The van der Waals surface area contributed by atoms with Gasteiger partial charge in [-0.05, 0) is 43.4 Å². The van der Waals surface area contributed by atoms with E-state index >= 15 is 0 Å². The van der Waals surface area contributed by atoms with Crippen LogP contribution in [0, 0.1) is 11.8 Å². The van der Waals surface area contributed by atoms with Gasteiger partial charge in [-0.2, -0.15) is 0 Å². The summed E-state index contributed by atoms with van der Waals surface area (Å²) >= 11 is 12.2. The molecule has 8 nitrogen and oxygen atoms in total. The van der Waals surface area contributed by atoms with Crippen LogP contribution in [0.3, 0.4) is 0 Å².